The van der Waals surface area contributed by atoms with E-state index in [1.54, 1.807) is 41.3 Å². The molecule has 0 aliphatic carbocycles. The molecule has 0 aliphatic heterocycles. The number of carbonyl (C=O) groups excluding carboxylic acids is 2. The molecule has 2 aromatic rings. The number of phenolic OH excluding ortho intramolecular Hbond substituents is 1. The third kappa shape index (κ3) is 4.84. The summed E-state index contributed by atoms with van der Waals surface area (Å²) in [6.45, 7) is 7.94. The van der Waals surface area contributed by atoms with Gasteiger partial charge in [0.15, 0.2) is 0 Å². The van der Waals surface area contributed by atoms with Gasteiger partial charge in [0, 0.05) is 19.2 Å². The Morgan fingerprint density at radius 1 is 1.04 bits per heavy atom. The summed E-state index contributed by atoms with van der Waals surface area (Å²) >= 11 is 0. The van der Waals surface area contributed by atoms with Crippen LogP contribution in [0.3, 0.4) is 0 Å². The molecule has 0 spiro atoms. The van der Waals surface area contributed by atoms with Crippen LogP contribution in [0.4, 0.5) is 5.69 Å². The van der Waals surface area contributed by atoms with E-state index in [1.807, 2.05) is 20.8 Å². The van der Waals surface area contributed by atoms with Crippen molar-refractivity contribution in [1.82, 2.24) is 0 Å². The molecular weight excluding hydrogens is 306 g/mol. The quantitative estimate of drug-likeness (QED) is 0.680. The van der Waals surface area contributed by atoms with Gasteiger partial charge in [-0.15, -0.1) is 0 Å². The Morgan fingerprint density at radius 3 is 2.12 bits per heavy atom. The van der Waals surface area contributed by atoms with E-state index in [1.165, 1.54) is 19.1 Å². The summed E-state index contributed by atoms with van der Waals surface area (Å²) in [6, 6.07) is 12.8. The number of benzene rings is 2. The van der Waals surface area contributed by atoms with Crippen molar-refractivity contribution in [2.75, 3.05) is 11.4 Å². The normalized spacial score (nSPS) is 9.50. The Labute approximate surface area is 142 Å². The maximum absolute atomic E-state index is 12.0. The van der Waals surface area contributed by atoms with Gasteiger partial charge in [0.25, 0.3) is 0 Å². The molecule has 128 valence electrons. The summed E-state index contributed by atoms with van der Waals surface area (Å²) in [4.78, 5) is 25.1. The smallest absolute Gasteiger partial charge is 0.347 e. The number of carbonyl (C=O) groups is 2. The summed E-state index contributed by atoms with van der Waals surface area (Å²) in [6.07, 6.45) is 0. The Hall–Kier alpha value is -2.82. The lowest BCUT2D eigenvalue weighted by atomic mass is 10.2. The maximum atomic E-state index is 12.0. The van der Waals surface area contributed by atoms with Crippen LogP contribution in [0.5, 0.6) is 11.5 Å². The highest BCUT2D eigenvalue weighted by molar-refractivity contribution is 5.94. The van der Waals surface area contributed by atoms with Crippen LogP contribution in [0.25, 0.3) is 0 Å². The van der Waals surface area contributed by atoms with Crippen molar-refractivity contribution in [2.24, 2.45) is 0 Å². The molecule has 0 aliphatic rings. The summed E-state index contributed by atoms with van der Waals surface area (Å²) in [5.74, 6) is -0.472. The molecule has 0 heterocycles. The SMILES string of the molecule is CC.CCN(C(C)=O)c1ccc(OC(=O)c2ccccc2O)cc1. The number of rotatable bonds is 4. The van der Waals surface area contributed by atoms with Crippen LogP contribution >= 0.6 is 0 Å². The maximum Gasteiger partial charge on any atom is 0.347 e. The number of nitrogens with zero attached hydrogens (tertiary/aromatic N) is 1. The predicted octanol–water partition coefficient (Wildman–Crippen LogP) is 4.01. The van der Waals surface area contributed by atoms with Gasteiger partial charge in [-0.1, -0.05) is 26.0 Å². The molecular formula is C19H23NO4. The van der Waals surface area contributed by atoms with E-state index in [4.69, 9.17) is 4.74 Å². The second kappa shape index (κ2) is 9.35. The lowest BCUT2D eigenvalue weighted by molar-refractivity contribution is -0.116. The molecule has 0 saturated heterocycles. The Bertz CT molecular complexity index is 680. The molecule has 5 nitrogen and oxygen atoms in total. The second-order valence-corrected chi connectivity index (χ2v) is 4.66. The second-order valence-electron chi connectivity index (χ2n) is 4.66. The number of amides is 1. The largest absolute Gasteiger partial charge is 0.507 e. The van der Waals surface area contributed by atoms with Crippen LogP contribution < -0.4 is 9.64 Å². The van der Waals surface area contributed by atoms with Gasteiger partial charge in [-0.2, -0.15) is 0 Å². The molecule has 1 amide bonds. The fraction of sp³-hybridized carbons (Fsp3) is 0.263. The van der Waals surface area contributed by atoms with Crippen molar-refractivity contribution in [3.8, 4) is 11.5 Å². The minimum absolute atomic E-state index is 0.0542. The molecule has 0 bridgehead atoms. The van der Waals surface area contributed by atoms with Crippen molar-refractivity contribution in [2.45, 2.75) is 27.7 Å². The number of anilines is 1. The Balaban J connectivity index is 0.00000139. The molecule has 1 N–H and O–H groups in total. The van der Waals surface area contributed by atoms with Crippen molar-refractivity contribution >= 4 is 17.6 Å². The third-order valence-electron chi connectivity index (χ3n) is 3.18. The molecule has 0 atom stereocenters. The Morgan fingerprint density at radius 2 is 1.62 bits per heavy atom. The van der Waals surface area contributed by atoms with E-state index in [2.05, 4.69) is 0 Å². The van der Waals surface area contributed by atoms with Crippen molar-refractivity contribution in [1.29, 1.82) is 0 Å². The number of para-hydroxylation sites is 1. The lowest BCUT2D eigenvalue weighted by Crippen LogP contribution is -2.27. The summed E-state index contributed by atoms with van der Waals surface area (Å²) in [7, 11) is 0. The van der Waals surface area contributed by atoms with Crippen molar-refractivity contribution < 1.29 is 19.4 Å². The zero-order valence-corrected chi connectivity index (χ0v) is 14.4. The van der Waals surface area contributed by atoms with Gasteiger partial charge in [0.1, 0.15) is 17.1 Å². The molecule has 5 heteroatoms. The number of ether oxygens (including phenoxy) is 1. The van der Waals surface area contributed by atoms with Crippen LogP contribution in [0.15, 0.2) is 48.5 Å². The molecule has 0 unspecified atom stereocenters. The number of phenols is 1. The highest BCUT2D eigenvalue weighted by Gasteiger charge is 2.13. The summed E-state index contributed by atoms with van der Waals surface area (Å²) in [5.41, 5.74) is 0.836. The van der Waals surface area contributed by atoms with E-state index >= 15 is 0 Å². The Kier molecular flexibility index (Phi) is 7.49. The average molecular weight is 329 g/mol. The molecule has 0 aromatic heterocycles. The fourth-order valence-corrected chi connectivity index (χ4v) is 2.09. The van der Waals surface area contributed by atoms with Gasteiger partial charge in [-0.3, -0.25) is 4.79 Å². The molecule has 0 fully saturated rings. The summed E-state index contributed by atoms with van der Waals surface area (Å²) < 4.78 is 5.21. The first-order chi connectivity index (χ1) is 11.5. The number of hydrogen-bond acceptors (Lipinski definition) is 4. The average Bonchev–Trinajstić information content (AvgIpc) is 2.59. The van der Waals surface area contributed by atoms with E-state index in [9.17, 15) is 14.7 Å². The first kappa shape index (κ1) is 19.2. The van der Waals surface area contributed by atoms with Crippen molar-refractivity contribution in [3.05, 3.63) is 54.1 Å². The lowest BCUT2D eigenvalue weighted by Gasteiger charge is -2.19. The topological polar surface area (TPSA) is 66.8 Å². The predicted molar refractivity (Wildman–Crippen MR) is 94.6 cm³/mol. The van der Waals surface area contributed by atoms with E-state index in [0.717, 1.165) is 5.69 Å². The van der Waals surface area contributed by atoms with Crippen LogP contribution in [-0.4, -0.2) is 23.5 Å². The standard InChI is InChI=1S/C17H17NO4.C2H6/c1-3-18(12(2)19)13-8-10-14(11-9-13)22-17(21)15-6-4-5-7-16(15)20;1-2/h4-11,20H,3H2,1-2H3;1-2H3. The minimum Gasteiger partial charge on any atom is -0.507 e. The first-order valence-corrected chi connectivity index (χ1v) is 7.91. The minimum atomic E-state index is -0.634. The van der Waals surface area contributed by atoms with Gasteiger partial charge >= 0.3 is 5.97 Å². The van der Waals surface area contributed by atoms with Gasteiger partial charge < -0.3 is 14.7 Å². The van der Waals surface area contributed by atoms with E-state index in [-0.39, 0.29) is 17.2 Å². The molecule has 0 radical (unpaired) electrons. The van der Waals surface area contributed by atoms with Crippen LogP contribution in [0.1, 0.15) is 38.1 Å². The number of esters is 1. The zero-order valence-electron chi connectivity index (χ0n) is 14.4. The van der Waals surface area contributed by atoms with Gasteiger partial charge in [0.2, 0.25) is 5.91 Å². The third-order valence-corrected chi connectivity index (χ3v) is 3.18. The van der Waals surface area contributed by atoms with Gasteiger partial charge in [-0.25, -0.2) is 4.79 Å². The molecule has 2 aromatic carbocycles. The first-order valence-electron chi connectivity index (χ1n) is 7.91. The highest BCUT2D eigenvalue weighted by atomic mass is 16.5. The van der Waals surface area contributed by atoms with Crippen LogP contribution in [-0.2, 0) is 4.79 Å². The molecule has 0 saturated carbocycles. The van der Waals surface area contributed by atoms with E-state index in [0.29, 0.717) is 12.3 Å². The van der Waals surface area contributed by atoms with E-state index < -0.39 is 5.97 Å². The zero-order chi connectivity index (χ0) is 18.1. The number of hydrogen-bond donors (Lipinski definition) is 1. The van der Waals surface area contributed by atoms with Crippen LogP contribution in [0, 0.1) is 0 Å². The molecule has 2 rings (SSSR count). The monoisotopic (exact) mass is 329 g/mol. The summed E-state index contributed by atoms with van der Waals surface area (Å²) in [5, 5.41) is 9.62. The highest BCUT2D eigenvalue weighted by Crippen LogP contribution is 2.22. The van der Waals surface area contributed by atoms with Gasteiger partial charge in [0.05, 0.1) is 0 Å². The van der Waals surface area contributed by atoms with Crippen molar-refractivity contribution in [3.63, 3.8) is 0 Å². The fourth-order valence-electron chi connectivity index (χ4n) is 2.09. The number of aromatic hydroxyl groups is 1. The van der Waals surface area contributed by atoms with Crippen LogP contribution in [0.2, 0.25) is 0 Å². The van der Waals surface area contributed by atoms with Gasteiger partial charge in [-0.05, 0) is 43.3 Å². The molecule has 24 heavy (non-hydrogen) atoms.